The van der Waals surface area contributed by atoms with E-state index in [0.717, 1.165) is 4.88 Å². The number of hydrogen-bond acceptors (Lipinski definition) is 4. The molecule has 2 nitrogen and oxygen atoms in total. The Morgan fingerprint density at radius 3 is 2.38 bits per heavy atom. The van der Waals surface area contributed by atoms with Crippen LogP contribution in [0.3, 0.4) is 0 Å². The predicted molar refractivity (Wildman–Crippen MR) is 70.0 cm³/mol. The van der Waals surface area contributed by atoms with Crippen LogP contribution in [0, 0.1) is 0 Å². The molecule has 0 bridgehead atoms. The maximum Gasteiger partial charge on any atom is 0.101 e. The van der Waals surface area contributed by atoms with Gasteiger partial charge in [-0.15, -0.1) is 22.7 Å². The smallest absolute Gasteiger partial charge is 0.101 e. The fourth-order valence-electron chi connectivity index (χ4n) is 1.51. The molecule has 0 radical (unpaired) electrons. The first kappa shape index (κ1) is 11.8. The average molecular weight is 253 g/mol. The van der Waals surface area contributed by atoms with Crippen LogP contribution >= 0.6 is 22.7 Å². The molecule has 0 aromatic carbocycles. The highest BCUT2D eigenvalue weighted by molar-refractivity contribution is 7.10. The van der Waals surface area contributed by atoms with Gasteiger partial charge >= 0.3 is 0 Å². The van der Waals surface area contributed by atoms with Crippen LogP contribution in [0.15, 0.2) is 35.0 Å². The molecule has 0 saturated heterocycles. The number of aliphatic hydroxyl groups is 1. The molecule has 4 heteroatoms. The Bertz CT molecular complexity index is 356. The van der Waals surface area contributed by atoms with Crippen molar-refractivity contribution in [2.24, 2.45) is 0 Å². The zero-order valence-electron chi connectivity index (χ0n) is 9.09. The molecule has 0 amide bonds. The predicted octanol–water partition coefficient (Wildman–Crippen LogP) is 3.19. The summed E-state index contributed by atoms with van der Waals surface area (Å²) in [5, 5.41) is 17.3. The van der Waals surface area contributed by atoms with Crippen molar-refractivity contribution in [3.05, 3.63) is 44.8 Å². The third-order valence-electron chi connectivity index (χ3n) is 2.46. The zero-order chi connectivity index (χ0) is 11.4. The molecular weight excluding hydrogens is 238 g/mol. The van der Waals surface area contributed by atoms with Gasteiger partial charge < -0.3 is 10.4 Å². The first-order valence-corrected chi connectivity index (χ1v) is 7.01. The maximum absolute atomic E-state index is 9.91. The highest BCUT2D eigenvalue weighted by Gasteiger charge is 2.11. The number of nitrogens with one attached hydrogen (secondary N) is 1. The molecule has 0 spiro atoms. The normalized spacial score (nSPS) is 14.9. The lowest BCUT2D eigenvalue weighted by atomic mass is 10.2. The monoisotopic (exact) mass is 253 g/mol. The van der Waals surface area contributed by atoms with Crippen LogP contribution in [0.25, 0.3) is 0 Å². The van der Waals surface area contributed by atoms with E-state index in [1.807, 2.05) is 23.6 Å². The molecule has 0 saturated carbocycles. The number of aliphatic hydroxyl groups excluding tert-OH is 1. The first-order chi connectivity index (χ1) is 7.77. The van der Waals surface area contributed by atoms with E-state index in [-0.39, 0.29) is 0 Å². The second-order valence-corrected chi connectivity index (χ2v) is 5.64. The molecule has 0 aliphatic rings. The molecule has 2 heterocycles. The van der Waals surface area contributed by atoms with Gasteiger partial charge in [0, 0.05) is 22.3 Å². The van der Waals surface area contributed by atoms with Crippen molar-refractivity contribution in [3.63, 3.8) is 0 Å². The van der Waals surface area contributed by atoms with Gasteiger partial charge in [0.25, 0.3) is 0 Å². The van der Waals surface area contributed by atoms with Gasteiger partial charge in [-0.05, 0) is 29.8 Å². The van der Waals surface area contributed by atoms with Crippen LogP contribution in [0.2, 0.25) is 0 Å². The molecule has 2 N–H and O–H groups in total. The number of rotatable bonds is 5. The van der Waals surface area contributed by atoms with Crippen molar-refractivity contribution in [3.8, 4) is 0 Å². The Kier molecular flexibility index (Phi) is 4.12. The summed E-state index contributed by atoms with van der Waals surface area (Å²) in [7, 11) is 0. The molecule has 1 unspecified atom stereocenters. The molecule has 0 aliphatic heterocycles. The summed E-state index contributed by atoms with van der Waals surface area (Å²) >= 11 is 3.33. The Morgan fingerprint density at radius 1 is 1.19 bits per heavy atom. The summed E-state index contributed by atoms with van der Waals surface area (Å²) < 4.78 is 0. The number of thiophene rings is 2. The van der Waals surface area contributed by atoms with Crippen molar-refractivity contribution in [2.75, 3.05) is 6.54 Å². The third-order valence-corrected chi connectivity index (χ3v) is 4.49. The van der Waals surface area contributed by atoms with Crippen LogP contribution < -0.4 is 5.32 Å². The summed E-state index contributed by atoms with van der Waals surface area (Å²) in [6.45, 7) is 2.71. The lowest BCUT2D eigenvalue weighted by Crippen LogP contribution is -2.23. The molecular formula is C12H15NOS2. The van der Waals surface area contributed by atoms with Crippen LogP contribution in [-0.4, -0.2) is 11.7 Å². The van der Waals surface area contributed by atoms with E-state index in [9.17, 15) is 5.11 Å². The molecule has 0 aliphatic carbocycles. The zero-order valence-corrected chi connectivity index (χ0v) is 10.7. The summed E-state index contributed by atoms with van der Waals surface area (Å²) in [5.41, 5.74) is 0. The SMILES string of the molecule is C[C@@H](NCC(O)c1cccs1)c1cccs1. The number of hydrogen-bond donors (Lipinski definition) is 2. The maximum atomic E-state index is 9.91. The van der Waals surface area contributed by atoms with Gasteiger partial charge in [0.15, 0.2) is 0 Å². The standard InChI is InChI=1S/C12H15NOS2/c1-9(11-4-2-6-15-11)13-8-10(14)12-5-3-7-16-12/h2-7,9-10,13-14H,8H2,1H3/t9-,10?/m1/s1. The highest BCUT2D eigenvalue weighted by Crippen LogP contribution is 2.21. The van der Waals surface area contributed by atoms with E-state index in [4.69, 9.17) is 0 Å². The second kappa shape index (κ2) is 5.59. The minimum Gasteiger partial charge on any atom is -0.386 e. The van der Waals surface area contributed by atoms with Gasteiger partial charge in [0.05, 0.1) is 0 Å². The molecule has 0 fully saturated rings. The molecule has 16 heavy (non-hydrogen) atoms. The van der Waals surface area contributed by atoms with Gasteiger partial charge in [0.2, 0.25) is 0 Å². The van der Waals surface area contributed by atoms with E-state index in [0.29, 0.717) is 12.6 Å². The average Bonchev–Trinajstić information content (AvgIpc) is 2.95. The lowest BCUT2D eigenvalue weighted by Gasteiger charge is -2.15. The van der Waals surface area contributed by atoms with Crippen molar-refractivity contribution in [2.45, 2.75) is 19.1 Å². The summed E-state index contributed by atoms with van der Waals surface area (Å²) in [5.74, 6) is 0. The van der Waals surface area contributed by atoms with Gasteiger partial charge in [-0.2, -0.15) is 0 Å². The second-order valence-electron chi connectivity index (χ2n) is 3.68. The third kappa shape index (κ3) is 2.92. The minimum atomic E-state index is -0.401. The summed E-state index contributed by atoms with van der Waals surface area (Å²) in [4.78, 5) is 2.32. The van der Waals surface area contributed by atoms with Crippen molar-refractivity contribution in [1.82, 2.24) is 5.32 Å². The van der Waals surface area contributed by atoms with Crippen molar-refractivity contribution >= 4 is 22.7 Å². The van der Waals surface area contributed by atoms with Crippen LogP contribution in [0.4, 0.5) is 0 Å². The van der Waals surface area contributed by atoms with Gasteiger partial charge in [-0.25, -0.2) is 0 Å². The minimum absolute atomic E-state index is 0.301. The molecule has 2 atom stereocenters. The molecule has 2 aromatic rings. The summed E-state index contributed by atoms with van der Waals surface area (Å²) in [6.07, 6.45) is -0.401. The van der Waals surface area contributed by atoms with Crippen LogP contribution in [0.1, 0.15) is 28.8 Å². The molecule has 2 rings (SSSR count). The largest absolute Gasteiger partial charge is 0.386 e. The fraction of sp³-hybridized carbons (Fsp3) is 0.333. The molecule has 2 aromatic heterocycles. The Hall–Kier alpha value is -0.680. The first-order valence-electron chi connectivity index (χ1n) is 5.25. The Balaban J connectivity index is 1.84. The van der Waals surface area contributed by atoms with Gasteiger partial charge in [-0.1, -0.05) is 12.1 Å². The van der Waals surface area contributed by atoms with Crippen molar-refractivity contribution < 1.29 is 5.11 Å². The van der Waals surface area contributed by atoms with Gasteiger partial charge in [0.1, 0.15) is 6.10 Å². The highest BCUT2D eigenvalue weighted by atomic mass is 32.1. The van der Waals surface area contributed by atoms with Crippen molar-refractivity contribution in [1.29, 1.82) is 0 Å². The Labute approximate surface area is 104 Å². The van der Waals surface area contributed by atoms with E-state index in [2.05, 4.69) is 23.7 Å². The fourth-order valence-corrected chi connectivity index (χ4v) is 2.98. The van der Waals surface area contributed by atoms with Gasteiger partial charge in [-0.3, -0.25) is 0 Å². The van der Waals surface area contributed by atoms with E-state index < -0.39 is 6.10 Å². The van der Waals surface area contributed by atoms with Crippen LogP contribution in [-0.2, 0) is 0 Å². The summed E-state index contributed by atoms with van der Waals surface area (Å²) in [6, 6.07) is 8.39. The van der Waals surface area contributed by atoms with E-state index >= 15 is 0 Å². The lowest BCUT2D eigenvalue weighted by molar-refractivity contribution is 0.174. The topological polar surface area (TPSA) is 32.3 Å². The Morgan fingerprint density at radius 2 is 1.81 bits per heavy atom. The quantitative estimate of drug-likeness (QED) is 0.857. The molecule has 86 valence electrons. The van der Waals surface area contributed by atoms with Crippen LogP contribution in [0.5, 0.6) is 0 Å². The van der Waals surface area contributed by atoms with E-state index in [1.165, 1.54) is 4.88 Å². The van der Waals surface area contributed by atoms with E-state index in [1.54, 1.807) is 22.7 Å².